The zero-order valence-electron chi connectivity index (χ0n) is 17.7. The molecular weight excluding hydrogens is 394 g/mol. The van der Waals surface area contributed by atoms with Gasteiger partial charge in [-0.1, -0.05) is 50.2 Å². The Bertz CT molecular complexity index is 1070. The van der Waals surface area contributed by atoms with Crippen molar-refractivity contribution in [1.82, 2.24) is 10.3 Å². The molecule has 1 atom stereocenters. The second-order valence-corrected chi connectivity index (χ2v) is 7.40. The molecule has 7 heteroatoms. The van der Waals surface area contributed by atoms with Gasteiger partial charge in [0.25, 0.3) is 5.91 Å². The highest BCUT2D eigenvalue weighted by atomic mass is 16.5. The van der Waals surface area contributed by atoms with Gasteiger partial charge in [-0.15, -0.1) is 0 Å². The minimum atomic E-state index is -0.661. The summed E-state index contributed by atoms with van der Waals surface area (Å²) in [6.07, 6.45) is 3.22. The molecule has 0 unspecified atom stereocenters. The number of aromatic amines is 1. The predicted molar refractivity (Wildman–Crippen MR) is 120 cm³/mol. The number of rotatable bonds is 9. The van der Waals surface area contributed by atoms with Gasteiger partial charge in [-0.3, -0.25) is 14.4 Å². The van der Waals surface area contributed by atoms with Gasteiger partial charge in [0.2, 0.25) is 5.91 Å². The van der Waals surface area contributed by atoms with Crippen molar-refractivity contribution in [2.75, 3.05) is 18.5 Å². The van der Waals surface area contributed by atoms with Crippen molar-refractivity contribution in [2.24, 2.45) is 5.92 Å². The lowest BCUT2D eigenvalue weighted by atomic mass is 10.00. The Morgan fingerprint density at radius 3 is 2.58 bits per heavy atom. The van der Waals surface area contributed by atoms with E-state index < -0.39 is 18.5 Å². The van der Waals surface area contributed by atoms with Crippen LogP contribution in [0.1, 0.15) is 25.0 Å². The predicted octanol–water partition coefficient (Wildman–Crippen LogP) is 3.21. The Morgan fingerprint density at radius 1 is 1.03 bits per heavy atom. The maximum Gasteiger partial charge on any atom is 0.325 e. The number of para-hydroxylation sites is 2. The van der Waals surface area contributed by atoms with E-state index in [-0.39, 0.29) is 18.4 Å². The largest absolute Gasteiger partial charge is 0.454 e. The monoisotopic (exact) mass is 421 g/mol. The molecule has 3 aromatic rings. The summed E-state index contributed by atoms with van der Waals surface area (Å²) in [5, 5.41) is 6.39. The van der Waals surface area contributed by atoms with E-state index in [0.29, 0.717) is 12.1 Å². The minimum Gasteiger partial charge on any atom is -0.454 e. The number of H-pyrrole nitrogens is 1. The number of hydrogen-bond donors (Lipinski definition) is 3. The first kappa shape index (κ1) is 22.1. The van der Waals surface area contributed by atoms with Crippen LogP contribution in [0.5, 0.6) is 0 Å². The zero-order chi connectivity index (χ0) is 22.2. The van der Waals surface area contributed by atoms with Crippen LogP contribution >= 0.6 is 0 Å². The molecule has 0 spiro atoms. The average molecular weight is 421 g/mol. The first-order chi connectivity index (χ1) is 15.0. The molecule has 0 aliphatic heterocycles. The van der Waals surface area contributed by atoms with Gasteiger partial charge in [0, 0.05) is 28.7 Å². The van der Waals surface area contributed by atoms with Crippen molar-refractivity contribution in [3.63, 3.8) is 0 Å². The van der Waals surface area contributed by atoms with Crippen LogP contribution in [0, 0.1) is 5.92 Å². The molecule has 162 valence electrons. The number of anilines is 1. The molecule has 3 N–H and O–H groups in total. The summed E-state index contributed by atoms with van der Waals surface area (Å²) in [6, 6.07) is 15.3. The van der Waals surface area contributed by atoms with Crippen LogP contribution in [-0.4, -0.2) is 35.9 Å². The SMILES string of the molecule is CCc1ccccc1NC(=O)COC(=O)CNC(=O)[C@@H](C)Cc1c[nH]c2ccccc12. The number of amides is 2. The summed E-state index contributed by atoms with van der Waals surface area (Å²) in [5.74, 6) is -1.65. The topological polar surface area (TPSA) is 100 Å². The van der Waals surface area contributed by atoms with Gasteiger partial charge in [0.15, 0.2) is 6.61 Å². The fourth-order valence-electron chi connectivity index (χ4n) is 3.39. The van der Waals surface area contributed by atoms with E-state index in [2.05, 4.69) is 15.6 Å². The molecule has 3 rings (SSSR count). The minimum absolute atomic E-state index is 0.247. The van der Waals surface area contributed by atoms with Gasteiger partial charge in [0.05, 0.1) is 0 Å². The van der Waals surface area contributed by atoms with E-state index in [0.717, 1.165) is 28.5 Å². The van der Waals surface area contributed by atoms with Crippen LogP contribution in [0.4, 0.5) is 5.69 Å². The van der Waals surface area contributed by atoms with Crippen molar-refractivity contribution in [3.8, 4) is 0 Å². The second-order valence-electron chi connectivity index (χ2n) is 7.40. The van der Waals surface area contributed by atoms with Crippen molar-refractivity contribution in [3.05, 3.63) is 65.9 Å². The third-order valence-corrected chi connectivity index (χ3v) is 5.09. The Balaban J connectivity index is 1.41. The quantitative estimate of drug-likeness (QED) is 0.462. The number of aryl methyl sites for hydroxylation is 1. The molecule has 1 heterocycles. The average Bonchev–Trinajstić information content (AvgIpc) is 3.19. The Morgan fingerprint density at radius 2 is 1.77 bits per heavy atom. The first-order valence-electron chi connectivity index (χ1n) is 10.3. The Kier molecular flexibility index (Phi) is 7.43. The van der Waals surface area contributed by atoms with E-state index in [1.165, 1.54) is 0 Å². The number of nitrogens with one attached hydrogen (secondary N) is 3. The molecule has 0 aliphatic rings. The lowest BCUT2D eigenvalue weighted by Gasteiger charge is -2.12. The van der Waals surface area contributed by atoms with Gasteiger partial charge < -0.3 is 20.4 Å². The smallest absolute Gasteiger partial charge is 0.325 e. The standard InChI is InChI=1S/C24H27N3O4/c1-3-17-8-4-6-10-20(17)27-22(28)15-31-23(29)14-26-24(30)16(2)12-18-13-25-21-11-7-5-9-19(18)21/h4-11,13,16,25H,3,12,14-15H2,1-2H3,(H,26,30)(H,27,28)/t16-/m0/s1. The van der Waals surface area contributed by atoms with Crippen LogP contribution < -0.4 is 10.6 Å². The summed E-state index contributed by atoms with van der Waals surface area (Å²) in [7, 11) is 0. The lowest BCUT2D eigenvalue weighted by Crippen LogP contribution is -2.36. The number of fused-ring (bicyclic) bond motifs is 1. The number of carbonyl (C=O) groups is 3. The van der Waals surface area contributed by atoms with E-state index >= 15 is 0 Å². The summed E-state index contributed by atoms with van der Waals surface area (Å²) in [4.78, 5) is 39.5. The fourth-order valence-corrected chi connectivity index (χ4v) is 3.39. The molecule has 1 aromatic heterocycles. The molecule has 0 saturated carbocycles. The van der Waals surface area contributed by atoms with Gasteiger partial charge in [0.1, 0.15) is 6.54 Å². The van der Waals surface area contributed by atoms with Gasteiger partial charge >= 0.3 is 5.97 Å². The summed E-state index contributed by atoms with van der Waals surface area (Å²) < 4.78 is 4.97. The summed E-state index contributed by atoms with van der Waals surface area (Å²) in [6.45, 7) is 3.11. The van der Waals surface area contributed by atoms with Gasteiger partial charge in [-0.2, -0.15) is 0 Å². The van der Waals surface area contributed by atoms with Crippen molar-refractivity contribution in [1.29, 1.82) is 0 Å². The maximum absolute atomic E-state index is 12.4. The Hall–Kier alpha value is -3.61. The third kappa shape index (κ3) is 5.94. The summed E-state index contributed by atoms with van der Waals surface area (Å²) in [5.41, 5.74) is 3.77. The van der Waals surface area contributed by atoms with Crippen LogP contribution in [-0.2, 0) is 32.0 Å². The molecular formula is C24H27N3O4. The lowest BCUT2D eigenvalue weighted by molar-refractivity contribution is -0.147. The number of aromatic nitrogens is 1. The molecule has 7 nitrogen and oxygen atoms in total. The van der Waals surface area contributed by atoms with Crippen LogP contribution in [0.3, 0.4) is 0 Å². The molecule has 0 radical (unpaired) electrons. The highest BCUT2D eigenvalue weighted by Gasteiger charge is 2.17. The number of carbonyl (C=O) groups excluding carboxylic acids is 3. The number of ether oxygens (including phenoxy) is 1. The van der Waals surface area contributed by atoms with Crippen LogP contribution in [0.25, 0.3) is 10.9 Å². The van der Waals surface area contributed by atoms with Crippen LogP contribution in [0.2, 0.25) is 0 Å². The van der Waals surface area contributed by atoms with Crippen LogP contribution in [0.15, 0.2) is 54.7 Å². The molecule has 2 aromatic carbocycles. The highest BCUT2D eigenvalue weighted by Crippen LogP contribution is 2.20. The van der Waals surface area contributed by atoms with E-state index in [9.17, 15) is 14.4 Å². The molecule has 31 heavy (non-hydrogen) atoms. The van der Waals surface area contributed by atoms with E-state index in [1.54, 1.807) is 13.0 Å². The third-order valence-electron chi connectivity index (χ3n) is 5.09. The van der Waals surface area contributed by atoms with E-state index in [1.807, 2.05) is 55.6 Å². The molecule has 0 fully saturated rings. The van der Waals surface area contributed by atoms with E-state index in [4.69, 9.17) is 4.74 Å². The summed E-state index contributed by atoms with van der Waals surface area (Å²) >= 11 is 0. The van der Waals surface area contributed by atoms with Gasteiger partial charge in [-0.25, -0.2) is 0 Å². The number of hydrogen-bond acceptors (Lipinski definition) is 4. The first-order valence-corrected chi connectivity index (χ1v) is 10.3. The fraction of sp³-hybridized carbons (Fsp3) is 0.292. The molecule has 0 saturated heterocycles. The maximum atomic E-state index is 12.4. The van der Waals surface area contributed by atoms with Gasteiger partial charge in [-0.05, 0) is 36.1 Å². The number of esters is 1. The number of benzene rings is 2. The highest BCUT2D eigenvalue weighted by molar-refractivity contribution is 5.94. The second kappa shape index (κ2) is 10.4. The van der Waals surface area contributed by atoms with Crippen molar-refractivity contribution in [2.45, 2.75) is 26.7 Å². The zero-order valence-corrected chi connectivity index (χ0v) is 17.7. The normalized spacial score (nSPS) is 11.7. The Labute approximate surface area is 181 Å². The molecule has 0 aliphatic carbocycles. The van der Waals surface area contributed by atoms with Crippen molar-refractivity contribution >= 4 is 34.4 Å². The molecule has 0 bridgehead atoms. The van der Waals surface area contributed by atoms with Crippen molar-refractivity contribution < 1.29 is 19.1 Å². The molecule has 2 amide bonds.